The van der Waals surface area contributed by atoms with Crippen LogP contribution in [0.4, 0.5) is 0 Å². The van der Waals surface area contributed by atoms with Crippen LogP contribution < -0.4 is 0 Å². The van der Waals surface area contributed by atoms with Gasteiger partial charge < -0.3 is 0 Å². The third-order valence-electron chi connectivity index (χ3n) is 2.77. The molecule has 0 aliphatic carbocycles. The van der Waals surface area contributed by atoms with Crippen molar-refractivity contribution in [3.8, 4) is 0 Å². The van der Waals surface area contributed by atoms with Gasteiger partial charge in [0.1, 0.15) is 7.05 Å². The first-order chi connectivity index (χ1) is 8.49. The highest BCUT2D eigenvalue weighted by Crippen LogP contribution is 2.10. The van der Waals surface area contributed by atoms with Crippen molar-refractivity contribution >= 4 is 34.9 Å². The van der Waals surface area contributed by atoms with Gasteiger partial charge in [0.05, 0.1) is 0 Å². The molecule has 1 aliphatic rings. The Kier molecular flexibility index (Phi) is 4.72. The van der Waals surface area contributed by atoms with Gasteiger partial charge in [0.15, 0.2) is 11.7 Å². The Morgan fingerprint density at radius 3 is 2.00 bits per heavy atom. The van der Waals surface area contributed by atoms with E-state index in [2.05, 4.69) is 6.58 Å². The average molecular weight is 268 g/mol. The van der Waals surface area contributed by atoms with Crippen LogP contribution >= 0.6 is 12.2 Å². The number of hydrogen-bond donors (Lipinski definition) is 0. The fourth-order valence-corrected chi connectivity index (χ4v) is 2.26. The number of amides is 2. The lowest BCUT2D eigenvalue weighted by atomic mass is 10.2. The third kappa shape index (κ3) is 2.33. The second kappa shape index (κ2) is 5.86. The second-order valence-electron chi connectivity index (χ2n) is 3.90. The highest BCUT2D eigenvalue weighted by molar-refractivity contribution is 7.80. The van der Waals surface area contributed by atoms with Crippen LogP contribution in [0.3, 0.4) is 0 Å². The van der Waals surface area contributed by atoms with E-state index in [1.807, 2.05) is 13.8 Å². The van der Waals surface area contributed by atoms with Crippen LogP contribution in [0.1, 0.15) is 13.8 Å². The Hall–Kier alpha value is -1.56. The van der Waals surface area contributed by atoms with Gasteiger partial charge in [0.2, 0.25) is 0 Å². The fourth-order valence-electron chi connectivity index (χ4n) is 1.84. The molecule has 0 unspecified atom stereocenters. The summed E-state index contributed by atoms with van der Waals surface area (Å²) in [5.41, 5.74) is 0.146. The van der Waals surface area contributed by atoms with E-state index >= 15 is 0 Å². The smallest absolute Gasteiger partial charge is 0.280 e. The van der Waals surface area contributed by atoms with Crippen molar-refractivity contribution in [3.63, 3.8) is 0 Å². The average Bonchev–Trinajstić information content (AvgIpc) is 2.30. The molecule has 0 atom stereocenters. The third-order valence-corrected chi connectivity index (χ3v) is 3.22. The Bertz CT molecular complexity index is 415. The number of rotatable bonds is 4. The van der Waals surface area contributed by atoms with Crippen molar-refractivity contribution in [1.82, 2.24) is 9.80 Å². The largest absolute Gasteiger partial charge is 0.331 e. The lowest BCUT2D eigenvalue weighted by Crippen LogP contribution is -2.61. The number of nitrogens with zero attached hydrogens (tertiary/aromatic N) is 3. The van der Waals surface area contributed by atoms with Crippen molar-refractivity contribution in [2.45, 2.75) is 13.8 Å². The minimum absolute atomic E-state index is 0.146. The van der Waals surface area contributed by atoms with Crippen LogP contribution in [-0.4, -0.2) is 63.7 Å². The van der Waals surface area contributed by atoms with Gasteiger partial charge in [-0.1, -0.05) is 6.58 Å². The monoisotopic (exact) mass is 268 g/mol. The molecule has 0 N–H and O–H groups in total. The number of likely N-dealkylation sites (N-methyl/N-ethyl adjacent to an activating group) is 1. The minimum Gasteiger partial charge on any atom is -0.280 e. The van der Waals surface area contributed by atoms with E-state index in [4.69, 9.17) is 12.2 Å². The lowest BCUT2D eigenvalue weighted by molar-refractivity contribution is -0.484. The molecular weight excluding hydrogens is 250 g/mol. The molecule has 5 nitrogen and oxygen atoms in total. The number of carbonyl (C=O) groups is 2. The number of thiocarbonyl (C=S) groups is 1. The van der Waals surface area contributed by atoms with Crippen LogP contribution in [0.5, 0.6) is 0 Å². The molecule has 2 amide bonds. The van der Waals surface area contributed by atoms with E-state index in [-0.39, 0.29) is 22.6 Å². The van der Waals surface area contributed by atoms with Gasteiger partial charge >= 0.3 is 17.5 Å². The van der Waals surface area contributed by atoms with Crippen molar-refractivity contribution in [2.75, 3.05) is 26.7 Å². The van der Waals surface area contributed by atoms with Crippen LogP contribution in [0.25, 0.3) is 0 Å². The standard InChI is InChI=1S/C12H18N3O2S/c1-5-8-13(4)9-10(16)14(6-2)12(18)15(7-3)11(9)17/h5H,1,6-8H2,2-4H3/q+1. The molecule has 6 heteroatoms. The van der Waals surface area contributed by atoms with Crippen molar-refractivity contribution in [1.29, 1.82) is 0 Å². The molecule has 0 aromatic carbocycles. The molecule has 1 fully saturated rings. The van der Waals surface area contributed by atoms with Gasteiger partial charge in [-0.3, -0.25) is 19.4 Å². The zero-order valence-corrected chi connectivity index (χ0v) is 11.8. The van der Waals surface area contributed by atoms with Gasteiger partial charge in [0.25, 0.3) is 0 Å². The maximum Gasteiger partial charge on any atom is 0.331 e. The van der Waals surface area contributed by atoms with E-state index in [1.54, 1.807) is 17.7 Å². The molecule has 1 aliphatic heterocycles. The van der Waals surface area contributed by atoms with Crippen molar-refractivity contribution in [2.24, 2.45) is 0 Å². The number of hydrogen-bond acceptors (Lipinski definition) is 3. The van der Waals surface area contributed by atoms with Crippen LogP contribution in [0.2, 0.25) is 0 Å². The van der Waals surface area contributed by atoms with Gasteiger partial charge in [-0.05, 0) is 32.1 Å². The summed E-state index contributed by atoms with van der Waals surface area (Å²) in [6.07, 6.45) is 1.65. The maximum absolute atomic E-state index is 12.2. The summed E-state index contributed by atoms with van der Waals surface area (Å²) in [5, 5.41) is 0.283. The summed E-state index contributed by atoms with van der Waals surface area (Å²) in [5.74, 6) is -0.664. The molecule has 0 saturated carbocycles. The Morgan fingerprint density at radius 1 is 1.22 bits per heavy atom. The first-order valence-electron chi connectivity index (χ1n) is 5.86. The molecule has 0 radical (unpaired) electrons. The lowest BCUT2D eigenvalue weighted by Gasteiger charge is -2.33. The second-order valence-corrected chi connectivity index (χ2v) is 4.26. The Morgan fingerprint density at radius 2 is 1.67 bits per heavy atom. The van der Waals surface area contributed by atoms with E-state index in [9.17, 15) is 9.59 Å². The summed E-state index contributed by atoms with van der Waals surface area (Å²) in [4.78, 5) is 27.3. The zero-order valence-electron chi connectivity index (χ0n) is 11.0. The topological polar surface area (TPSA) is 43.6 Å². The summed E-state index contributed by atoms with van der Waals surface area (Å²) >= 11 is 5.16. The highest BCUT2D eigenvalue weighted by atomic mass is 32.1. The van der Waals surface area contributed by atoms with Gasteiger partial charge in [-0.25, -0.2) is 4.58 Å². The first kappa shape index (κ1) is 14.5. The highest BCUT2D eigenvalue weighted by Gasteiger charge is 2.44. The molecule has 1 saturated heterocycles. The quantitative estimate of drug-likeness (QED) is 0.417. The molecule has 0 aromatic heterocycles. The molecule has 18 heavy (non-hydrogen) atoms. The number of carbonyl (C=O) groups excluding carboxylic acids is 2. The first-order valence-corrected chi connectivity index (χ1v) is 6.27. The minimum atomic E-state index is -0.332. The van der Waals surface area contributed by atoms with E-state index < -0.39 is 0 Å². The summed E-state index contributed by atoms with van der Waals surface area (Å²) in [6, 6.07) is 0. The van der Waals surface area contributed by atoms with Crippen LogP contribution in [0.15, 0.2) is 12.7 Å². The van der Waals surface area contributed by atoms with E-state index in [0.717, 1.165) is 0 Å². The molecule has 1 rings (SSSR count). The predicted molar refractivity (Wildman–Crippen MR) is 73.6 cm³/mol. The Labute approximate surface area is 112 Å². The predicted octanol–water partition coefficient (Wildman–Crippen LogP) is 0.251. The summed E-state index contributed by atoms with van der Waals surface area (Å²) in [7, 11) is 1.70. The van der Waals surface area contributed by atoms with Crippen molar-refractivity contribution < 1.29 is 14.2 Å². The van der Waals surface area contributed by atoms with Gasteiger partial charge in [-0.15, -0.1) is 0 Å². The molecule has 1 heterocycles. The SMILES string of the molecule is C=CC[N+](C)=C1C(=O)N(CC)C(=S)N(CC)C1=O. The molecule has 0 aromatic rings. The maximum atomic E-state index is 12.2. The van der Waals surface area contributed by atoms with E-state index in [0.29, 0.717) is 19.6 Å². The molecule has 0 bridgehead atoms. The van der Waals surface area contributed by atoms with E-state index in [1.165, 1.54) is 9.80 Å². The molecular formula is C12H18N3O2S+. The van der Waals surface area contributed by atoms with Crippen molar-refractivity contribution in [3.05, 3.63) is 12.7 Å². The van der Waals surface area contributed by atoms with Gasteiger partial charge in [0, 0.05) is 13.1 Å². The van der Waals surface area contributed by atoms with Crippen LogP contribution in [-0.2, 0) is 9.59 Å². The summed E-state index contributed by atoms with van der Waals surface area (Å²) < 4.78 is 1.60. The Balaban J connectivity index is 3.29. The summed E-state index contributed by atoms with van der Waals surface area (Å²) in [6.45, 7) is 8.61. The van der Waals surface area contributed by atoms with Gasteiger partial charge in [-0.2, -0.15) is 0 Å². The zero-order chi connectivity index (χ0) is 13.9. The molecule has 0 spiro atoms. The van der Waals surface area contributed by atoms with Crippen LogP contribution in [0, 0.1) is 0 Å². The molecule has 98 valence electrons. The normalized spacial score (nSPS) is 16.4. The fraction of sp³-hybridized carbons (Fsp3) is 0.500.